The first kappa shape index (κ1) is 12.9. The van der Waals surface area contributed by atoms with E-state index in [1.54, 1.807) is 6.92 Å². The van der Waals surface area contributed by atoms with Gasteiger partial charge in [0.05, 0.1) is 5.60 Å². The first-order valence-electron chi connectivity index (χ1n) is 6.98. The number of carbonyl (C=O) groups excluding carboxylic acids is 1. The fraction of sp³-hybridized carbons (Fsp3) is 0.929. The standard InChI is InChI=1S/C14H25NO2/c1-3-17-14-9-13(10-14,11-14)7-5-4-6-8-15-12(2)16/h3-11H2,1-2H3,(H,15,16). The third-order valence-corrected chi connectivity index (χ3v) is 4.30. The molecule has 0 aliphatic heterocycles. The van der Waals surface area contributed by atoms with Crippen LogP contribution in [0.3, 0.4) is 0 Å². The van der Waals surface area contributed by atoms with Crippen molar-refractivity contribution in [2.75, 3.05) is 13.2 Å². The lowest BCUT2D eigenvalue weighted by Crippen LogP contribution is -2.68. The van der Waals surface area contributed by atoms with Gasteiger partial charge >= 0.3 is 0 Å². The third kappa shape index (κ3) is 2.82. The predicted molar refractivity (Wildman–Crippen MR) is 67.8 cm³/mol. The number of carbonyl (C=O) groups is 1. The molecule has 3 aliphatic carbocycles. The van der Waals surface area contributed by atoms with E-state index in [0.717, 1.165) is 19.6 Å². The molecule has 3 nitrogen and oxygen atoms in total. The summed E-state index contributed by atoms with van der Waals surface area (Å²) in [7, 11) is 0. The van der Waals surface area contributed by atoms with Gasteiger partial charge in [-0.25, -0.2) is 0 Å². The number of unbranched alkanes of at least 4 members (excludes halogenated alkanes) is 2. The van der Waals surface area contributed by atoms with Crippen molar-refractivity contribution in [3.8, 4) is 0 Å². The molecule has 17 heavy (non-hydrogen) atoms. The van der Waals surface area contributed by atoms with Crippen molar-refractivity contribution in [1.29, 1.82) is 0 Å². The Bertz CT molecular complexity index is 268. The zero-order valence-electron chi connectivity index (χ0n) is 11.2. The Morgan fingerprint density at radius 3 is 2.53 bits per heavy atom. The van der Waals surface area contributed by atoms with Gasteiger partial charge in [-0.2, -0.15) is 0 Å². The van der Waals surface area contributed by atoms with Gasteiger partial charge in [-0.15, -0.1) is 0 Å². The second-order valence-electron chi connectivity index (χ2n) is 5.94. The van der Waals surface area contributed by atoms with E-state index >= 15 is 0 Å². The van der Waals surface area contributed by atoms with Crippen LogP contribution in [-0.4, -0.2) is 24.7 Å². The number of hydrogen-bond donors (Lipinski definition) is 1. The summed E-state index contributed by atoms with van der Waals surface area (Å²) in [6.07, 6.45) is 8.94. The molecule has 2 bridgehead atoms. The average molecular weight is 239 g/mol. The number of nitrogens with one attached hydrogen (secondary N) is 1. The summed E-state index contributed by atoms with van der Waals surface area (Å²) in [6, 6.07) is 0. The maximum absolute atomic E-state index is 10.7. The van der Waals surface area contributed by atoms with Crippen LogP contribution in [0.2, 0.25) is 0 Å². The minimum atomic E-state index is 0.0862. The van der Waals surface area contributed by atoms with Crippen LogP contribution in [0.15, 0.2) is 0 Å². The first-order chi connectivity index (χ1) is 8.10. The summed E-state index contributed by atoms with van der Waals surface area (Å²) in [5.41, 5.74) is 0.966. The third-order valence-electron chi connectivity index (χ3n) is 4.30. The van der Waals surface area contributed by atoms with Gasteiger partial charge in [0.1, 0.15) is 0 Å². The van der Waals surface area contributed by atoms with Crippen molar-refractivity contribution in [2.45, 2.75) is 64.4 Å². The summed E-state index contributed by atoms with van der Waals surface area (Å²) >= 11 is 0. The Hall–Kier alpha value is -0.570. The fourth-order valence-corrected chi connectivity index (χ4v) is 3.69. The summed E-state index contributed by atoms with van der Waals surface area (Å²) in [4.78, 5) is 10.7. The van der Waals surface area contributed by atoms with Gasteiger partial charge in [-0.05, 0) is 44.4 Å². The molecule has 0 atom stereocenters. The number of ether oxygens (including phenoxy) is 1. The molecule has 0 aromatic carbocycles. The van der Waals surface area contributed by atoms with Crippen LogP contribution in [0.5, 0.6) is 0 Å². The largest absolute Gasteiger partial charge is 0.375 e. The van der Waals surface area contributed by atoms with E-state index in [-0.39, 0.29) is 5.91 Å². The van der Waals surface area contributed by atoms with Crippen LogP contribution in [-0.2, 0) is 9.53 Å². The molecule has 98 valence electrons. The van der Waals surface area contributed by atoms with Gasteiger partial charge in [-0.3, -0.25) is 4.79 Å². The van der Waals surface area contributed by atoms with Gasteiger partial charge in [0.25, 0.3) is 0 Å². The molecule has 0 radical (unpaired) electrons. The lowest BCUT2D eigenvalue weighted by atomic mass is 9.40. The molecule has 3 fully saturated rings. The lowest BCUT2D eigenvalue weighted by molar-refractivity contribution is -0.286. The van der Waals surface area contributed by atoms with E-state index in [9.17, 15) is 4.79 Å². The Balaban J connectivity index is 1.47. The summed E-state index contributed by atoms with van der Waals surface area (Å²) in [5, 5.41) is 2.84. The SMILES string of the molecule is CCOC12CC(CCCCCNC(C)=O)(C1)C2. The molecule has 1 amide bonds. The minimum Gasteiger partial charge on any atom is -0.375 e. The quantitative estimate of drug-likeness (QED) is 0.661. The van der Waals surface area contributed by atoms with E-state index in [1.807, 2.05) is 0 Å². The molecular weight excluding hydrogens is 214 g/mol. The summed E-state index contributed by atoms with van der Waals surface area (Å²) < 4.78 is 5.78. The molecule has 0 heterocycles. The Morgan fingerprint density at radius 1 is 1.24 bits per heavy atom. The highest BCUT2D eigenvalue weighted by Gasteiger charge is 2.67. The second kappa shape index (κ2) is 4.97. The van der Waals surface area contributed by atoms with E-state index in [0.29, 0.717) is 11.0 Å². The molecule has 0 aromatic rings. The van der Waals surface area contributed by atoms with E-state index in [2.05, 4.69) is 12.2 Å². The van der Waals surface area contributed by atoms with Crippen LogP contribution < -0.4 is 5.32 Å². The molecule has 3 aliphatic rings. The molecule has 3 saturated carbocycles. The van der Waals surface area contributed by atoms with Gasteiger partial charge in [0.2, 0.25) is 5.91 Å². The van der Waals surface area contributed by atoms with E-state index in [1.165, 1.54) is 38.5 Å². The zero-order valence-corrected chi connectivity index (χ0v) is 11.2. The fourth-order valence-electron chi connectivity index (χ4n) is 3.69. The van der Waals surface area contributed by atoms with Gasteiger partial charge in [-0.1, -0.05) is 12.8 Å². The van der Waals surface area contributed by atoms with Crippen LogP contribution in [0.4, 0.5) is 0 Å². The normalized spacial score (nSPS) is 33.8. The average Bonchev–Trinajstić information content (AvgIpc) is 2.16. The van der Waals surface area contributed by atoms with Gasteiger partial charge in [0, 0.05) is 20.1 Å². The van der Waals surface area contributed by atoms with Crippen LogP contribution in [0.25, 0.3) is 0 Å². The molecule has 0 aromatic heterocycles. The number of rotatable bonds is 8. The van der Waals surface area contributed by atoms with Crippen molar-refractivity contribution >= 4 is 5.91 Å². The minimum absolute atomic E-state index is 0.0862. The highest BCUT2D eigenvalue weighted by Crippen LogP contribution is 2.71. The van der Waals surface area contributed by atoms with Crippen molar-refractivity contribution in [2.24, 2.45) is 5.41 Å². The smallest absolute Gasteiger partial charge is 0.216 e. The van der Waals surface area contributed by atoms with E-state index < -0.39 is 0 Å². The number of hydrogen-bond acceptors (Lipinski definition) is 2. The molecule has 0 unspecified atom stereocenters. The van der Waals surface area contributed by atoms with Crippen LogP contribution in [0, 0.1) is 5.41 Å². The lowest BCUT2D eigenvalue weighted by Gasteiger charge is -2.70. The van der Waals surface area contributed by atoms with Crippen molar-refractivity contribution in [1.82, 2.24) is 5.32 Å². The highest BCUT2D eigenvalue weighted by atomic mass is 16.5. The van der Waals surface area contributed by atoms with Crippen LogP contribution in [0.1, 0.15) is 58.8 Å². The molecule has 3 heteroatoms. The van der Waals surface area contributed by atoms with Crippen molar-refractivity contribution < 1.29 is 9.53 Å². The topological polar surface area (TPSA) is 38.3 Å². The molecule has 0 spiro atoms. The molecular formula is C14H25NO2. The van der Waals surface area contributed by atoms with Crippen molar-refractivity contribution in [3.63, 3.8) is 0 Å². The Kier molecular flexibility index (Phi) is 3.76. The molecule has 0 saturated heterocycles. The van der Waals surface area contributed by atoms with E-state index in [4.69, 9.17) is 4.74 Å². The van der Waals surface area contributed by atoms with Crippen molar-refractivity contribution in [3.05, 3.63) is 0 Å². The first-order valence-corrected chi connectivity index (χ1v) is 6.98. The maximum atomic E-state index is 10.7. The number of amides is 1. The molecule has 3 rings (SSSR count). The highest BCUT2D eigenvalue weighted by molar-refractivity contribution is 5.72. The summed E-state index contributed by atoms with van der Waals surface area (Å²) in [5.74, 6) is 0.0862. The van der Waals surface area contributed by atoms with Gasteiger partial charge < -0.3 is 10.1 Å². The Labute approximate surface area is 104 Å². The predicted octanol–water partition coefficient (Wildman–Crippen LogP) is 2.64. The summed E-state index contributed by atoms with van der Waals surface area (Å²) in [6.45, 7) is 5.38. The maximum Gasteiger partial charge on any atom is 0.216 e. The molecule has 1 N–H and O–H groups in total. The second-order valence-corrected chi connectivity index (χ2v) is 5.94. The Morgan fingerprint density at radius 2 is 1.94 bits per heavy atom. The monoisotopic (exact) mass is 239 g/mol. The zero-order chi connectivity index (χ0) is 12.4. The van der Waals surface area contributed by atoms with Crippen LogP contribution >= 0.6 is 0 Å². The van der Waals surface area contributed by atoms with Gasteiger partial charge in [0.15, 0.2) is 0 Å².